The number of alkyl halides is 3. The van der Waals surface area contributed by atoms with E-state index in [1.54, 1.807) is 30.1 Å². The molecule has 1 saturated heterocycles. The van der Waals surface area contributed by atoms with Gasteiger partial charge in [0.25, 0.3) is 5.91 Å². The maximum Gasteiger partial charge on any atom is 0.418 e. The molecule has 204 valence electrons. The van der Waals surface area contributed by atoms with Crippen molar-refractivity contribution in [2.24, 2.45) is 7.05 Å². The van der Waals surface area contributed by atoms with Gasteiger partial charge in [0.05, 0.1) is 5.69 Å². The molecule has 8 nitrogen and oxygen atoms in total. The lowest BCUT2D eigenvalue weighted by atomic mass is 9.93. The Morgan fingerprint density at radius 2 is 1.87 bits per heavy atom. The molecule has 5 rings (SSSR count). The minimum Gasteiger partial charge on any atom is -0.427 e. The number of carbonyl (C=O) groups is 3. The van der Waals surface area contributed by atoms with Gasteiger partial charge >= 0.3 is 12.3 Å². The molecule has 1 aliphatic carbocycles. The zero-order chi connectivity index (χ0) is 28.1. The van der Waals surface area contributed by atoms with Crippen LogP contribution in [0.5, 0.6) is 0 Å². The van der Waals surface area contributed by atoms with Crippen molar-refractivity contribution in [2.45, 2.75) is 44.1 Å². The van der Waals surface area contributed by atoms with Crippen LogP contribution in [0.15, 0.2) is 54.7 Å². The van der Waals surface area contributed by atoms with Gasteiger partial charge in [0.1, 0.15) is 18.4 Å². The standard InChI is InChI=1S/C27H24F4N4O4/c1-16(27(29,30)31)34(14-17-3-6-20(28)7-4-17)23(36)15-35-24(37)26(39-25(35)38)11-9-18-13-19(5-8-21(18)26)22-10-12-33(2)32-22/h3-8,10,12-13,16H,9,11,14-15H2,1-2H3/t16-,26-/m1/s1. The van der Waals surface area contributed by atoms with Crippen LogP contribution in [0.1, 0.15) is 30.0 Å². The summed E-state index contributed by atoms with van der Waals surface area (Å²) in [5.41, 5.74) is 1.39. The fourth-order valence-corrected chi connectivity index (χ4v) is 5.01. The van der Waals surface area contributed by atoms with E-state index < -0.39 is 54.6 Å². The summed E-state index contributed by atoms with van der Waals surface area (Å²) in [6.45, 7) is -0.622. The van der Waals surface area contributed by atoms with Crippen molar-refractivity contribution >= 4 is 17.9 Å². The summed E-state index contributed by atoms with van der Waals surface area (Å²) in [5.74, 6) is -2.48. The molecule has 1 aromatic heterocycles. The summed E-state index contributed by atoms with van der Waals surface area (Å²) in [4.78, 5) is 40.5. The number of aryl methyl sites for hydroxylation is 2. The smallest absolute Gasteiger partial charge is 0.418 e. The average molecular weight is 545 g/mol. The number of hydrogen-bond acceptors (Lipinski definition) is 5. The van der Waals surface area contributed by atoms with Crippen LogP contribution < -0.4 is 0 Å². The van der Waals surface area contributed by atoms with Gasteiger partial charge in [-0.25, -0.2) is 14.1 Å². The lowest BCUT2D eigenvalue weighted by Gasteiger charge is -2.31. The van der Waals surface area contributed by atoms with E-state index in [0.29, 0.717) is 21.8 Å². The van der Waals surface area contributed by atoms with Crippen LogP contribution in [0.4, 0.5) is 22.4 Å². The van der Waals surface area contributed by atoms with Crippen molar-refractivity contribution in [2.75, 3.05) is 6.54 Å². The number of halogens is 4. The molecule has 12 heteroatoms. The summed E-state index contributed by atoms with van der Waals surface area (Å²) >= 11 is 0. The lowest BCUT2D eigenvalue weighted by Crippen LogP contribution is -2.51. The summed E-state index contributed by atoms with van der Waals surface area (Å²) in [5, 5.41) is 4.36. The molecule has 1 spiro atoms. The molecule has 0 saturated carbocycles. The Labute approximate surface area is 220 Å². The SMILES string of the molecule is C[C@@H](N(Cc1ccc(F)cc1)C(=O)CN1C(=O)O[C@@]2(CCc3cc(-c4ccn(C)n4)ccc32)C1=O)C(F)(F)F. The fraction of sp³-hybridized carbons (Fsp3) is 0.333. The normalized spacial score (nSPS) is 19.4. The van der Waals surface area contributed by atoms with Crippen LogP contribution in [0, 0.1) is 5.82 Å². The molecule has 0 bridgehead atoms. The van der Waals surface area contributed by atoms with Crippen LogP contribution >= 0.6 is 0 Å². The Morgan fingerprint density at radius 1 is 1.15 bits per heavy atom. The van der Waals surface area contributed by atoms with Gasteiger partial charge in [0.15, 0.2) is 0 Å². The van der Waals surface area contributed by atoms with E-state index in [4.69, 9.17) is 4.74 Å². The topological polar surface area (TPSA) is 84.7 Å². The van der Waals surface area contributed by atoms with E-state index in [1.807, 2.05) is 12.1 Å². The van der Waals surface area contributed by atoms with Gasteiger partial charge in [-0.15, -0.1) is 0 Å². The lowest BCUT2D eigenvalue weighted by molar-refractivity contribution is -0.187. The van der Waals surface area contributed by atoms with Gasteiger partial charge in [-0.1, -0.05) is 24.3 Å². The third-order valence-electron chi connectivity index (χ3n) is 7.19. The summed E-state index contributed by atoms with van der Waals surface area (Å²) < 4.78 is 61.3. The molecule has 1 fully saturated rings. The van der Waals surface area contributed by atoms with Crippen LogP contribution in [-0.4, -0.2) is 56.3 Å². The predicted octanol–water partition coefficient (Wildman–Crippen LogP) is 4.33. The predicted molar refractivity (Wildman–Crippen MR) is 129 cm³/mol. The highest BCUT2D eigenvalue weighted by atomic mass is 19.4. The summed E-state index contributed by atoms with van der Waals surface area (Å²) in [6, 6.07) is 9.55. The molecule has 3 amide bonds. The number of carbonyl (C=O) groups excluding carboxylic acids is 3. The maximum atomic E-state index is 13.6. The van der Waals surface area contributed by atoms with E-state index in [2.05, 4.69) is 5.10 Å². The Bertz CT molecular complexity index is 1450. The minimum absolute atomic E-state index is 0.140. The van der Waals surface area contributed by atoms with Crippen molar-refractivity contribution in [1.82, 2.24) is 19.6 Å². The second-order valence-electron chi connectivity index (χ2n) is 9.70. The summed E-state index contributed by atoms with van der Waals surface area (Å²) in [6.07, 6.45) is -3.53. The number of fused-ring (bicyclic) bond motifs is 2. The highest BCUT2D eigenvalue weighted by molar-refractivity contribution is 6.06. The number of nitrogens with zero attached hydrogens (tertiary/aromatic N) is 4. The second kappa shape index (κ2) is 9.51. The van der Waals surface area contributed by atoms with Crippen molar-refractivity contribution in [3.8, 4) is 11.3 Å². The Balaban J connectivity index is 1.39. The number of ether oxygens (including phenoxy) is 1. The van der Waals surface area contributed by atoms with Crippen LogP contribution in [0.2, 0.25) is 0 Å². The number of hydrogen-bond donors (Lipinski definition) is 0. The number of aromatic nitrogens is 2. The van der Waals surface area contributed by atoms with Crippen LogP contribution in [0.3, 0.4) is 0 Å². The number of amides is 3. The molecule has 0 N–H and O–H groups in total. The Hall–Kier alpha value is -4.22. The quantitative estimate of drug-likeness (QED) is 0.432. The van der Waals surface area contributed by atoms with E-state index >= 15 is 0 Å². The Morgan fingerprint density at radius 3 is 2.51 bits per heavy atom. The van der Waals surface area contributed by atoms with Crippen molar-refractivity contribution in [3.63, 3.8) is 0 Å². The summed E-state index contributed by atoms with van der Waals surface area (Å²) in [7, 11) is 1.79. The molecule has 1 aliphatic heterocycles. The number of rotatable bonds is 6. The minimum atomic E-state index is -4.78. The highest BCUT2D eigenvalue weighted by Gasteiger charge is 2.58. The van der Waals surface area contributed by atoms with Crippen molar-refractivity contribution in [3.05, 3.63) is 77.2 Å². The first-order valence-electron chi connectivity index (χ1n) is 12.2. The third kappa shape index (κ3) is 4.75. The first-order chi connectivity index (χ1) is 18.4. The largest absolute Gasteiger partial charge is 0.427 e. The first-order valence-corrected chi connectivity index (χ1v) is 12.2. The molecule has 2 atom stereocenters. The molecule has 0 unspecified atom stereocenters. The van der Waals surface area contributed by atoms with E-state index in [9.17, 15) is 31.9 Å². The zero-order valence-corrected chi connectivity index (χ0v) is 21.0. The molecule has 3 aromatic rings. The monoisotopic (exact) mass is 544 g/mol. The molecule has 2 aliphatic rings. The maximum absolute atomic E-state index is 13.6. The van der Waals surface area contributed by atoms with Gasteiger partial charge in [-0.3, -0.25) is 14.3 Å². The first kappa shape index (κ1) is 26.4. The van der Waals surface area contributed by atoms with E-state index in [-0.39, 0.29) is 12.0 Å². The fourth-order valence-electron chi connectivity index (χ4n) is 5.01. The van der Waals surface area contributed by atoms with Gasteiger partial charge in [-0.05, 0) is 48.7 Å². The zero-order valence-electron chi connectivity index (χ0n) is 21.0. The van der Waals surface area contributed by atoms with Crippen molar-refractivity contribution in [1.29, 1.82) is 0 Å². The number of benzene rings is 2. The van der Waals surface area contributed by atoms with Crippen LogP contribution in [-0.2, 0) is 39.9 Å². The van der Waals surface area contributed by atoms with Gasteiger partial charge < -0.3 is 9.64 Å². The molecular formula is C27H24F4N4O4. The van der Waals surface area contributed by atoms with Crippen molar-refractivity contribution < 1.29 is 36.7 Å². The van der Waals surface area contributed by atoms with Gasteiger partial charge in [-0.2, -0.15) is 18.3 Å². The molecule has 0 radical (unpaired) electrons. The third-order valence-corrected chi connectivity index (χ3v) is 7.19. The molecular weight excluding hydrogens is 520 g/mol. The number of imide groups is 1. The van der Waals surface area contributed by atoms with E-state index in [1.165, 1.54) is 12.1 Å². The van der Waals surface area contributed by atoms with Gasteiger partial charge in [0.2, 0.25) is 11.5 Å². The van der Waals surface area contributed by atoms with Crippen LogP contribution in [0.25, 0.3) is 11.3 Å². The molecule has 2 aromatic carbocycles. The Kier molecular flexibility index (Phi) is 6.44. The second-order valence-corrected chi connectivity index (χ2v) is 9.70. The van der Waals surface area contributed by atoms with E-state index in [0.717, 1.165) is 35.9 Å². The molecule has 39 heavy (non-hydrogen) atoms. The molecule has 2 heterocycles. The average Bonchev–Trinajstić information content (AvgIpc) is 3.55. The van der Waals surface area contributed by atoms with Gasteiger partial charge in [0, 0.05) is 37.3 Å². The highest BCUT2D eigenvalue weighted by Crippen LogP contribution is 2.46.